The molecule has 0 fully saturated rings. The number of aromatic amines is 6. The Hall–Kier alpha value is -18.3. The average molecular weight is 1720 g/mol. The maximum absolute atomic E-state index is 12.2. The number of H-pyrrole nitrogens is 6. The molecule has 0 spiro atoms. The van der Waals surface area contributed by atoms with Crippen LogP contribution in [0.3, 0.4) is 0 Å². The molecule has 130 heavy (non-hydrogen) atoms. The van der Waals surface area contributed by atoms with E-state index < -0.39 is 17.9 Å². The van der Waals surface area contributed by atoms with Gasteiger partial charge in [-0.15, -0.1) is 0 Å². The van der Waals surface area contributed by atoms with Gasteiger partial charge in [0, 0.05) is 148 Å². The smallest absolute Gasteiger partial charge is 0.545 e. The molecule has 27 rings (SSSR count). The summed E-state index contributed by atoms with van der Waals surface area (Å²) in [7, 11) is 0. The molecule has 12 aromatic carbocycles. The first-order valence-corrected chi connectivity index (χ1v) is 40.7. The first-order valence-electron chi connectivity index (χ1n) is 40.7. The minimum absolute atomic E-state index is 0. The number of nitrogens with zero attached hydrogens (tertiary/aromatic N) is 18. The van der Waals surface area contributed by atoms with Crippen molar-refractivity contribution in [1.82, 2.24) is 120 Å². The Morgan fingerprint density at radius 2 is 0.292 bits per heavy atom. The van der Waals surface area contributed by atoms with E-state index >= 15 is 0 Å². The van der Waals surface area contributed by atoms with Crippen LogP contribution in [-0.2, 0) is 17.4 Å². The number of benzene rings is 12. The van der Waals surface area contributed by atoms with Crippen LogP contribution in [0.2, 0.25) is 0 Å². The van der Waals surface area contributed by atoms with Gasteiger partial charge in [-0.25, -0.2) is 89.7 Å². The van der Waals surface area contributed by atoms with Crippen molar-refractivity contribution in [3.8, 4) is 137 Å². The number of carboxylic acid groups (broad SMARTS) is 3. The van der Waals surface area contributed by atoms with Crippen LogP contribution >= 0.6 is 0 Å². The molecule has 6 aliphatic rings. The zero-order chi connectivity index (χ0) is 86.0. The van der Waals surface area contributed by atoms with Crippen molar-refractivity contribution in [3.63, 3.8) is 0 Å². The molecule has 0 amide bonds. The van der Waals surface area contributed by atoms with Gasteiger partial charge in [0.05, 0.1) is 17.9 Å². The Balaban J connectivity index is 0.000000108. The Morgan fingerprint density at radius 3 is 0.454 bits per heavy atom. The molecule has 21 aromatic rings. The third-order valence-electron chi connectivity index (χ3n) is 23.4. The Kier molecular flexibility index (Phi) is 17.1. The van der Waals surface area contributed by atoms with Gasteiger partial charge in [-0.05, 0) is 0 Å². The van der Waals surface area contributed by atoms with Crippen LogP contribution in [-0.4, -0.2) is 138 Å². The molecule has 9 aromatic heterocycles. The van der Waals surface area contributed by atoms with E-state index in [-0.39, 0.29) is 34.1 Å². The van der Waals surface area contributed by atoms with Gasteiger partial charge < -0.3 is 59.6 Å². The van der Waals surface area contributed by atoms with Crippen LogP contribution in [0.1, 0.15) is 31.1 Å². The fourth-order valence-electron chi connectivity index (χ4n) is 17.6. The molecule has 6 aliphatic heterocycles. The van der Waals surface area contributed by atoms with Gasteiger partial charge in [-0.3, -0.25) is 0 Å². The standard InChI is InChI=1S/3C33H18N8O2.Cr/c3*42-33(43)23-15-7-14-22-24(23)32-40-30-21-13-6-5-12-20(21)28(38-30)36-26-17-9-2-1-8-16(17)25(34-26)35-27-18-10-3-4-11-19(18)29(37-27)39-31(22)41-32;/h3*1-15H,(H,42,43)(H2,34,35,36,37,38,39,40,41);/q;;;+3/p-3. The number of aromatic carboxylic acids is 3. The zero-order valence-corrected chi connectivity index (χ0v) is 68.2. The second-order valence-electron chi connectivity index (χ2n) is 30.8. The molecule has 31 heteroatoms. The molecule has 0 unspecified atom stereocenters. The van der Waals surface area contributed by atoms with Crippen LogP contribution in [0, 0.1) is 0 Å². The summed E-state index contributed by atoms with van der Waals surface area (Å²) in [6, 6.07) is 84.7. The van der Waals surface area contributed by atoms with E-state index in [0.717, 1.165) is 99.1 Å². The number of nitrogens with one attached hydrogen (secondary N) is 6. The molecule has 0 aliphatic carbocycles. The van der Waals surface area contributed by atoms with E-state index in [2.05, 4.69) is 29.9 Å². The van der Waals surface area contributed by atoms with Crippen molar-refractivity contribution in [2.24, 2.45) is 0 Å². The predicted molar refractivity (Wildman–Crippen MR) is 481 cm³/mol. The summed E-state index contributed by atoms with van der Waals surface area (Å²) < 4.78 is 0. The maximum atomic E-state index is 12.2. The second kappa shape index (κ2) is 29.4. The monoisotopic (exact) mass is 1720 g/mol. The van der Waals surface area contributed by atoms with Crippen LogP contribution in [0.4, 0.5) is 0 Å². The zero-order valence-electron chi connectivity index (χ0n) is 66.9. The Labute approximate surface area is 738 Å². The number of fused-ring (bicyclic) bond motifs is 60. The molecule has 0 saturated heterocycles. The second-order valence-corrected chi connectivity index (χ2v) is 30.8. The number of carbonyl (C=O) groups excluding carboxylic acids is 3. The van der Waals surface area contributed by atoms with Crippen molar-refractivity contribution >= 4 is 150 Å². The summed E-state index contributed by atoms with van der Waals surface area (Å²) in [4.78, 5) is 145. The van der Waals surface area contributed by atoms with Crippen LogP contribution in [0.5, 0.6) is 0 Å². The number of carbonyl (C=O) groups is 3. The quantitative estimate of drug-likeness (QED) is 0.0956. The number of rotatable bonds is 3. The molecular weight excluding hydrogens is 1670 g/mol. The van der Waals surface area contributed by atoms with Gasteiger partial charge in [0.15, 0.2) is 69.9 Å². The summed E-state index contributed by atoms with van der Waals surface area (Å²) in [6.07, 6.45) is 0. The molecule has 30 nitrogen and oxygen atoms in total. The SMILES string of the molecule is O=C([O-])c1cccc2c3nc4nc(nc5[nH]c(nc6nc(nc([nH]3)c12)-c1ccccc1-6)c1ccccc51)-c1ccccc1-4.O=C([O-])c1cccc2c3nc4nc(nc5[nH]c(nc6nc(nc([nH]3)c12)-c1ccccc1-6)c1ccccc51)-c1ccccc1-4.O=C([O-])c1cccc2c3nc4nc(nc5[nH]c(nc6nc(nc([nH]3)c12)-c1ccccc1-6)c1ccccc51)-c1ccccc1-4.[Cr+3]. The van der Waals surface area contributed by atoms with Crippen molar-refractivity contribution in [2.45, 2.75) is 0 Å². The van der Waals surface area contributed by atoms with E-state index in [9.17, 15) is 29.7 Å². The summed E-state index contributed by atoms with van der Waals surface area (Å²) in [6.45, 7) is 0. The summed E-state index contributed by atoms with van der Waals surface area (Å²) in [5.41, 5.74) is 15.3. The van der Waals surface area contributed by atoms with Gasteiger partial charge in [0.1, 0.15) is 67.8 Å². The molecule has 6 N–H and O–H groups in total. The maximum Gasteiger partial charge on any atom is 3.00 e. The molecular formula is C99H51CrN24O6. The normalized spacial score (nSPS) is 11.8. The fourth-order valence-corrected chi connectivity index (χ4v) is 17.6. The van der Waals surface area contributed by atoms with E-state index in [4.69, 9.17) is 89.7 Å². The van der Waals surface area contributed by atoms with E-state index in [1.807, 2.05) is 218 Å². The minimum atomic E-state index is -1.32. The molecule has 24 bridgehead atoms. The van der Waals surface area contributed by atoms with Crippen LogP contribution in [0.25, 0.3) is 269 Å². The minimum Gasteiger partial charge on any atom is -0.545 e. The van der Waals surface area contributed by atoms with Gasteiger partial charge in [0.2, 0.25) is 0 Å². The predicted octanol–water partition coefficient (Wildman–Crippen LogP) is 15.7. The van der Waals surface area contributed by atoms with Gasteiger partial charge >= 0.3 is 17.4 Å². The Morgan fingerprint density at radius 1 is 0.162 bits per heavy atom. The van der Waals surface area contributed by atoms with E-state index in [1.165, 1.54) is 18.2 Å². The number of carboxylic acids is 3. The van der Waals surface area contributed by atoms with Crippen molar-refractivity contribution in [2.75, 3.05) is 0 Å². The summed E-state index contributed by atoms with van der Waals surface area (Å²) >= 11 is 0. The van der Waals surface area contributed by atoms with E-state index in [0.29, 0.717) is 170 Å². The topological polar surface area (TPSA) is 447 Å². The largest absolute Gasteiger partial charge is 3.00 e. The van der Waals surface area contributed by atoms with Crippen LogP contribution < -0.4 is 15.3 Å². The summed E-state index contributed by atoms with van der Waals surface area (Å²) in [5, 5.41) is 44.8. The van der Waals surface area contributed by atoms with Gasteiger partial charge in [-0.1, -0.05) is 273 Å². The molecule has 1 radical (unpaired) electrons. The molecule has 609 valence electrons. The van der Waals surface area contributed by atoms with Gasteiger partial charge in [-0.2, -0.15) is 0 Å². The molecule has 0 saturated carbocycles. The van der Waals surface area contributed by atoms with Crippen molar-refractivity contribution in [1.29, 1.82) is 0 Å². The average Bonchev–Trinajstić information content (AvgIpc) is 1.60. The van der Waals surface area contributed by atoms with Gasteiger partial charge in [0.25, 0.3) is 0 Å². The third kappa shape index (κ3) is 12.1. The number of aromatic nitrogens is 24. The third-order valence-corrected chi connectivity index (χ3v) is 23.4. The first-order chi connectivity index (χ1) is 63.4. The molecule has 0 atom stereocenters. The summed E-state index contributed by atoms with van der Waals surface area (Å²) in [5.74, 6) is 1.45. The Bertz CT molecular complexity index is 8370. The number of hydrogen-bond acceptors (Lipinski definition) is 24. The number of hydrogen-bond donors (Lipinski definition) is 6. The van der Waals surface area contributed by atoms with Crippen molar-refractivity contribution < 1.29 is 47.1 Å². The van der Waals surface area contributed by atoms with Crippen molar-refractivity contribution in [3.05, 3.63) is 290 Å². The van der Waals surface area contributed by atoms with E-state index in [1.54, 1.807) is 36.4 Å². The van der Waals surface area contributed by atoms with Crippen LogP contribution in [0.15, 0.2) is 273 Å². The fraction of sp³-hybridized carbons (Fsp3) is 0. The molecule has 15 heterocycles. The first kappa shape index (κ1) is 75.4.